The van der Waals surface area contributed by atoms with Crippen molar-refractivity contribution in [2.75, 3.05) is 0 Å². The number of carbonyl (C=O) groups excluding carboxylic acids is 1. The summed E-state index contributed by atoms with van der Waals surface area (Å²) in [6, 6.07) is 8.16. The molecule has 0 radical (unpaired) electrons. The summed E-state index contributed by atoms with van der Waals surface area (Å²) in [5, 5.41) is 6.06. The molecule has 1 heterocycles. The largest absolute Gasteiger partial charge is 0.349 e. The molecular weight excluding hydrogens is 242 g/mol. The Kier molecular flexibility index (Phi) is 3.44. The van der Waals surface area contributed by atoms with Crippen molar-refractivity contribution < 1.29 is 4.79 Å². The van der Waals surface area contributed by atoms with Gasteiger partial charge in [-0.25, -0.2) is 0 Å². The van der Waals surface area contributed by atoms with E-state index >= 15 is 0 Å². The second-order valence-electron chi connectivity index (χ2n) is 5.71. The van der Waals surface area contributed by atoms with Crippen LogP contribution in [0.2, 0.25) is 0 Å². The third-order valence-electron chi connectivity index (χ3n) is 3.37. The summed E-state index contributed by atoms with van der Waals surface area (Å²) in [7, 11) is 0. The van der Waals surface area contributed by atoms with E-state index in [2.05, 4.69) is 26.1 Å². The first kappa shape index (κ1) is 13.1. The molecule has 2 nitrogen and oxygen atoms in total. The van der Waals surface area contributed by atoms with Gasteiger partial charge >= 0.3 is 0 Å². The molecule has 0 saturated heterocycles. The SMILES string of the molecule is C[C@@H](NC(=O)c1csc2ccccc12)C(C)(C)C. The lowest BCUT2D eigenvalue weighted by atomic mass is 9.88. The fraction of sp³-hybridized carbons (Fsp3) is 0.400. The molecule has 18 heavy (non-hydrogen) atoms. The number of fused-ring (bicyclic) bond motifs is 1. The molecule has 3 heteroatoms. The third kappa shape index (κ3) is 2.56. The van der Waals surface area contributed by atoms with Crippen LogP contribution in [0.3, 0.4) is 0 Å². The minimum Gasteiger partial charge on any atom is -0.349 e. The molecule has 1 amide bonds. The molecule has 2 rings (SSSR count). The molecule has 0 bridgehead atoms. The van der Waals surface area contributed by atoms with E-state index in [1.807, 2.05) is 36.6 Å². The second-order valence-corrected chi connectivity index (χ2v) is 6.62. The van der Waals surface area contributed by atoms with Crippen LogP contribution >= 0.6 is 11.3 Å². The number of benzene rings is 1. The number of amides is 1. The molecule has 1 atom stereocenters. The second kappa shape index (κ2) is 4.73. The molecule has 2 aromatic rings. The van der Waals surface area contributed by atoms with Gasteiger partial charge in [0.1, 0.15) is 0 Å². The van der Waals surface area contributed by atoms with E-state index in [0.29, 0.717) is 0 Å². The zero-order valence-electron chi connectivity index (χ0n) is 11.3. The number of hydrogen-bond acceptors (Lipinski definition) is 2. The molecule has 0 aliphatic rings. The van der Waals surface area contributed by atoms with Gasteiger partial charge in [-0.2, -0.15) is 0 Å². The zero-order valence-corrected chi connectivity index (χ0v) is 12.1. The molecule has 0 unspecified atom stereocenters. The number of carbonyl (C=O) groups is 1. The van der Waals surface area contributed by atoms with Crippen molar-refractivity contribution in [2.24, 2.45) is 5.41 Å². The first-order valence-electron chi connectivity index (χ1n) is 6.16. The van der Waals surface area contributed by atoms with E-state index in [4.69, 9.17) is 0 Å². The molecule has 1 aromatic carbocycles. The van der Waals surface area contributed by atoms with Gasteiger partial charge in [-0.1, -0.05) is 39.0 Å². The summed E-state index contributed by atoms with van der Waals surface area (Å²) < 4.78 is 1.16. The van der Waals surface area contributed by atoms with Crippen molar-refractivity contribution in [2.45, 2.75) is 33.7 Å². The van der Waals surface area contributed by atoms with Gasteiger partial charge in [-0.15, -0.1) is 11.3 Å². The summed E-state index contributed by atoms with van der Waals surface area (Å²) in [4.78, 5) is 12.3. The lowest BCUT2D eigenvalue weighted by Gasteiger charge is -2.28. The van der Waals surface area contributed by atoms with Crippen molar-refractivity contribution in [3.63, 3.8) is 0 Å². The Morgan fingerprint density at radius 1 is 1.28 bits per heavy atom. The first-order chi connectivity index (χ1) is 8.39. The monoisotopic (exact) mass is 261 g/mol. The van der Waals surface area contributed by atoms with Crippen LogP contribution in [0.4, 0.5) is 0 Å². The number of hydrogen-bond donors (Lipinski definition) is 1. The predicted molar refractivity (Wildman–Crippen MR) is 78.2 cm³/mol. The lowest BCUT2D eigenvalue weighted by molar-refractivity contribution is 0.0912. The van der Waals surface area contributed by atoms with E-state index in [1.165, 1.54) is 0 Å². The maximum Gasteiger partial charge on any atom is 0.252 e. The molecule has 0 saturated carbocycles. The van der Waals surface area contributed by atoms with Gasteiger partial charge in [-0.05, 0) is 18.4 Å². The van der Waals surface area contributed by atoms with Crippen molar-refractivity contribution in [1.82, 2.24) is 5.32 Å². The van der Waals surface area contributed by atoms with Crippen LogP contribution in [0.15, 0.2) is 29.6 Å². The highest BCUT2D eigenvalue weighted by Gasteiger charge is 2.23. The van der Waals surface area contributed by atoms with Gasteiger partial charge in [0.25, 0.3) is 5.91 Å². The van der Waals surface area contributed by atoms with E-state index < -0.39 is 0 Å². The number of rotatable bonds is 2. The Balaban J connectivity index is 2.24. The topological polar surface area (TPSA) is 29.1 Å². The maximum absolute atomic E-state index is 12.3. The van der Waals surface area contributed by atoms with Crippen LogP contribution in [0.1, 0.15) is 38.1 Å². The van der Waals surface area contributed by atoms with Gasteiger partial charge in [0.15, 0.2) is 0 Å². The molecular formula is C15H19NOS. The van der Waals surface area contributed by atoms with Gasteiger partial charge < -0.3 is 5.32 Å². The number of nitrogens with one attached hydrogen (secondary N) is 1. The minimum absolute atomic E-state index is 0.0230. The Bertz CT molecular complexity index is 565. The van der Waals surface area contributed by atoms with E-state index in [9.17, 15) is 4.79 Å². The molecule has 1 N–H and O–H groups in total. The van der Waals surface area contributed by atoms with Crippen LogP contribution in [-0.4, -0.2) is 11.9 Å². The van der Waals surface area contributed by atoms with Crippen LogP contribution in [0.5, 0.6) is 0 Å². The normalized spacial score (nSPS) is 13.6. The summed E-state index contributed by atoms with van der Waals surface area (Å²) in [5.74, 6) is 0.0230. The Morgan fingerprint density at radius 2 is 1.94 bits per heavy atom. The molecule has 0 spiro atoms. The Hall–Kier alpha value is -1.35. The van der Waals surface area contributed by atoms with Crippen LogP contribution in [-0.2, 0) is 0 Å². The smallest absolute Gasteiger partial charge is 0.252 e. The highest BCUT2D eigenvalue weighted by molar-refractivity contribution is 7.17. The lowest BCUT2D eigenvalue weighted by Crippen LogP contribution is -2.41. The average Bonchev–Trinajstić information content (AvgIpc) is 2.71. The highest BCUT2D eigenvalue weighted by atomic mass is 32.1. The van der Waals surface area contributed by atoms with Crippen LogP contribution in [0, 0.1) is 5.41 Å². The van der Waals surface area contributed by atoms with E-state index in [0.717, 1.165) is 15.6 Å². The summed E-state index contributed by atoms with van der Waals surface area (Å²) >= 11 is 1.62. The van der Waals surface area contributed by atoms with E-state index in [1.54, 1.807) is 11.3 Å². The van der Waals surface area contributed by atoms with Gasteiger partial charge in [-0.3, -0.25) is 4.79 Å². The molecule has 1 aromatic heterocycles. The maximum atomic E-state index is 12.3. The fourth-order valence-corrected chi connectivity index (χ4v) is 2.59. The average molecular weight is 261 g/mol. The standard InChI is InChI=1S/C15H19NOS/c1-10(15(2,3)4)16-14(17)12-9-18-13-8-6-5-7-11(12)13/h5-10H,1-4H3,(H,16,17)/t10-/m1/s1. The fourth-order valence-electron chi connectivity index (χ4n) is 1.64. The third-order valence-corrected chi connectivity index (χ3v) is 4.34. The summed E-state index contributed by atoms with van der Waals surface area (Å²) in [6.07, 6.45) is 0. The van der Waals surface area contributed by atoms with Crippen molar-refractivity contribution in [3.05, 3.63) is 35.2 Å². The molecule has 0 aliphatic carbocycles. The predicted octanol–water partition coefficient (Wildman–Crippen LogP) is 4.07. The molecule has 96 valence electrons. The molecule has 0 aliphatic heterocycles. The van der Waals surface area contributed by atoms with Gasteiger partial charge in [0, 0.05) is 21.5 Å². The molecule has 0 fully saturated rings. The van der Waals surface area contributed by atoms with Crippen molar-refractivity contribution in [3.8, 4) is 0 Å². The van der Waals surface area contributed by atoms with Crippen molar-refractivity contribution in [1.29, 1.82) is 0 Å². The Labute approximate surface area is 112 Å². The van der Waals surface area contributed by atoms with Crippen LogP contribution < -0.4 is 5.32 Å². The highest BCUT2D eigenvalue weighted by Crippen LogP contribution is 2.26. The van der Waals surface area contributed by atoms with Crippen LogP contribution in [0.25, 0.3) is 10.1 Å². The first-order valence-corrected chi connectivity index (χ1v) is 7.04. The van der Waals surface area contributed by atoms with E-state index in [-0.39, 0.29) is 17.4 Å². The summed E-state index contributed by atoms with van der Waals surface area (Å²) in [6.45, 7) is 8.43. The van der Waals surface area contributed by atoms with Gasteiger partial charge in [0.2, 0.25) is 0 Å². The van der Waals surface area contributed by atoms with Gasteiger partial charge in [0.05, 0.1) is 5.56 Å². The quantitative estimate of drug-likeness (QED) is 0.867. The summed E-state index contributed by atoms with van der Waals surface area (Å²) in [5.41, 5.74) is 0.855. The van der Waals surface area contributed by atoms with Crippen molar-refractivity contribution >= 4 is 27.3 Å². The number of thiophene rings is 1. The minimum atomic E-state index is 0.0230. The Morgan fingerprint density at radius 3 is 2.61 bits per heavy atom. The zero-order chi connectivity index (χ0) is 13.3.